The molecule has 0 heterocycles. The number of carbonyl (C=O) groups excluding carboxylic acids is 1. The van der Waals surface area contributed by atoms with E-state index in [1.165, 1.54) is 11.1 Å². The van der Waals surface area contributed by atoms with Crippen LogP contribution in [0.2, 0.25) is 0 Å². The van der Waals surface area contributed by atoms with Crippen molar-refractivity contribution in [2.75, 3.05) is 13.1 Å². The van der Waals surface area contributed by atoms with Gasteiger partial charge in [0.1, 0.15) is 5.60 Å². The molecule has 0 atom stereocenters. The molecule has 0 unspecified atom stereocenters. The standard InChI is InChI=1S/C18H30N2O2/c1-14(2)12-19-13-16-8-6-15(7-9-16)10-11-20-17(21)22-18(3,4)5/h6-9,14,19H,10-13H2,1-5H3,(H,20,21). The summed E-state index contributed by atoms with van der Waals surface area (Å²) in [6, 6.07) is 8.50. The molecule has 1 amide bonds. The van der Waals surface area contributed by atoms with Crippen molar-refractivity contribution in [1.82, 2.24) is 10.6 Å². The van der Waals surface area contributed by atoms with Crippen LogP contribution in [-0.2, 0) is 17.7 Å². The minimum absolute atomic E-state index is 0.359. The Labute approximate surface area is 134 Å². The first-order chi connectivity index (χ1) is 10.3. The first-order valence-electron chi connectivity index (χ1n) is 8.01. The molecular weight excluding hydrogens is 276 g/mol. The van der Waals surface area contributed by atoms with Crippen LogP contribution in [-0.4, -0.2) is 24.8 Å². The molecule has 4 nitrogen and oxygen atoms in total. The average molecular weight is 306 g/mol. The summed E-state index contributed by atoms with van der Waals surface area (Å²) in [5, 5.41) is 6.20. The fourth-order valence-corrected chi connectivity index (χ4v) is 1.95. The van der Waals surface area contributed by atoms with Gasteiger partial charge in [-0.05, 0) is 50.8 Å². The van der Waals surface area contributed by atoms with Gasteiger partial charge in [-0.2, -0.15) is 0 Å². The topological polar surface area (TPSA) is 50.4 Å². The smallest absolute Gasteiger partial charge is 0.407 e. The SMILES string of the molecule is CC(C)CNCc1ccc(CCNC(=O)OC(C)(C)C)cc1. The van der Waals surface area contributed by atoms with Gasteiger partial charge in [-0.3, -0.25) is 0 Å². The summed E-state index contributed by atoms with van der Waals surface area (Å²) in [4.78, 5) is 11.5. The molecule has 2 N–H and O–H groups in total. The Morgan fingerprint density at radius 1 is 1.14 bits per heavy atom. The molecule has 124 valence electrons. The highest BCUT2D eigenvalue weighted by molar-refractivity contribution is 5.67. The molecule has 0 spiro atoms. The molecule has 0 saturated heterocycles. The zero-order valence-corrected chi connectivity index (χ0v) is 14.5. The van der Waals surface area contributed by atoms with E-state index in [9.17, 15) is 4.79 Å². The van der Waals surface area contributed by atoms with E-state index in [1.807, 2.05) is 20.8 Å². The van der Waals surface area contributed by atoms with Gasteiger partial charge in [-0.15, -0.1) is 0 Å². The summed E-state index contributed by atoms with van der Waals surface area (Å²) in [5.74, 6) is 0.665. The predicted octanol–water partition coefficient (Wildman–Crippen LogP) is 3.50. The lowest BCUT2D eigenvalue weighted by molar-refractivity contribution is 0.0528. The summed E-state index contributed by atoms with van der Waals surface area (Å²) < 4.78 is 5.20. The van der Waals surface area contributed by atoms with E-state index in [0.717, 1.165) is 19.5 Å². The summed E-state index contributed by atoms with van der Waals surface area (Å²) in [5.41, 5.74) is 2.04. The molecule has 4 heteroatoms. The first-order valence-corrected chi connectivity index (χ1v) is 8.01. The molecule has 1 aromatic carbocycles. The van der Waals surface area contributed by atoms with Crippen LogP contribution in [0, 0.1) is 5.92 Å². The van der Waals surface area contributed by atoms with Crippen LogP contribution in [0.25, 0.3) is 0 Å². The third-order valence-electron chi connectivity index (χ3n) is 2.99. The zero-order valence-electron chi connectivity index (χ0n) is 14.5. The largest absolute Gasteiger partial charge is 0.444 e. The first kappa shape index (κ1) is 18.5. The van der Waals surface area contributed by atoms with E-state index in [2.05, 4.69) is 48.7 Å². The molecular formula is C18H30N2O2. The van der Waals surface area contributed by atoms with Crippen molar-refractivity contribution in [3.63, 3.8) is 0 Å². The maximum atomic E-state index is 11.5. The lowest BCUT2D eigenvalue weighted by Gasteiger charge is -2.19. The quantitative estimate of drug-likeness (QED) is 0.810. The van der Waals surface area contributed by atoms with E-state index >= 15 is 0 Å². The molecule has 0 saturated carbocycles. The van der Waals surface area contributed by atoms with Gasteiger partial charge < -0.3 is 15.4 Å². The number of ether oxygens (including phenoxy) is 1. The van der Waals surface area contributed by atoms with Crippen LogP contribution in [0.1, 0.15) is 45.7 Å². The van der Waals surface area contributed by atoms with E-state index < -0.39 is 5.60 Å². The number of alkyl carbamates (subject to hydrolysis) is 1. The zero-order chi connectivity index (χ0) is 16.6. The molecule has 1 aromatic rings. The second-order valence-electron chi connectivity index (χ2n) is 7.02. The lowest BCUT2D eigenvalue weighted by atomic mass is 10.1. The highest BCUT2D eigenvalue weighted by Gasteiger charge is 2.15. The minimum atomic E-state index is -0.450. The third kappa shape index (κ3) is 8.67. The van der Waals surface area contributed by atoms with Crippen molar-refractivity contribution in [1.29, 1.82) is 0 Å². The van der Waals surface area contributed by atoms with Crippen molar-refractivity contribution in [3.05, 3.63) is 35.4 Å². The van der Waals surface area contributed by atoms with Crippen molar-refractivity contribution >= 4 is 6.09 Å². The summed E-state index contributed by atoms with van der Waals surface area (Å²) >= 11 is 0. The van der Waals surface area contributed by atoms with Crippen LogP contribution < -0.4 is 10.6 Å². The van der Waals surface area contributed by atoms with Gasteiger partial charge in [0.05, 0.1) is 0 Å². The fourth-order valence-electron chi connectivity index (χ4n) is 1.95. The summed E-state index contributed by atoms with van der Waals surface area (Å²) in [6.07, 6.45) is 0.445. The van der Waals surface area contributed by atoms with Gasteiger partial charge in [0.15, 0.2) is 0 Å². The highest BCUT2D eigenvalue weighted by atomic mass is 16.6. The van der Waals surface area contributed by atoms with E-state index in [0.29, 0.717) is 12.5 Å². The maximum absolute atomic E-state index is 11.5. The molecule has 1 rings (SSSR count). The molecule has 22 heavy (non-hydrogen) atoms. The van der Waals surface area contributed by atoms with E-state index in [4.69, 9.17) is 4.74 Å². The van der Waals surface area contributed by atoms with Crippen molar-refractivity contribution in [2.45, 2.75) is 53.2 Å². The van der Waals surface area contributed by atoms with Gasteiger partial charge in [0, 0.05) is 13.1 Å². The number of hydrogen-bond donors (Lipinski definition) is 2. The Kier molecular flexibility index (Phi) is 7.39. The number of rotatable bonds is 7. The van der Waals surface area contributed by atoms with Crippen molar-refractivity contribution < 1.29 is 9.53 Å². The van der Waals surface area contributed by atoms with Crippen molar-refractivity contribution in [2.24, 2.45) is 5.92 Å². The highest BCUT2D eigenvalue weighted by Crippen LogP contribution is 2.07. The Balaban J connectivity index is 2.28. The molecule has 0 aliphatic carbocycles. The Hall–Kier alpha value is -1.55. The number of nitrogens with one attached hydrogen (secondary N) is 2. The Morgan fingerprint density at radius 3 is 2.27 bits per heavy atom. The molecule has 0 aromatic heterocycles. The van der Waals surface area contributed by atoms with E-state index in [1.54, 1.807) is 0 Å². The number of hydrogen-bond acceptors (Lipinski definition) is 3. The average Bonchev–Trinajstić information content (AvgIpc) is 2.38. The second-order valence-corrected chi connectivity index (χ2v) is 7.02. The van der Waals surface area contributed by atoms with Crippen LogP contribution in [0.4, 0.5) is 4.79 Å². The Bertz CT molecular complexity index is 447. The van der Waals surface area contributed by atoms with Crippen LogP contribution >= 0.6 is 0 Å². The fraction of sp³-hybridized carbons (Fsp3) is 0.611. The number of carbonyl (C=O) groups is 1. The summed E-state index contributed by atoms with van der Waals surface area (Å²) in [6.45, 7) is 12.5. The molecule has 0 bridgehead atoms. The van der Waals surface area contributed by atoms with Crippen LogP contribution in [0.3, 0.4) is 0 Å². The maximum Gasteiger partial charge on any atom is 0.407 e. The normalized spacial score (nSPS) is 11.5. The lowest BCUT2D eigenvalue weighted by Crippen LogP contribution is -2.33. The monoisotopic (exact) mass is 306 g/mol. The number of amides is 1. The van der Waals surface area contributed by atoms with Gasteiger partial charge in [-0.1, -0.05) is 38.1 Å². The van der Waals surface area contributed by atoms with Gasteiger partial charge in [0.2, 0.25) is 0 Å². The Morgan fingerprint density at radius 2 is 1.73 bits per heavy atom. The molecule has 0 radical (unpaired) electrons. The second kappa shape index (κ2) is 8.79. The number of benzene rings is 1. The van der Waals surface area contributed by atoms with E-state index in [-0.39, 0.29) is 6.09 Å². The van der Waals surface area contributed by atoms with Crippen LogP contribution in [0.15, 0.2) is 24.3 Å². The molecule has 0 fully saturated rings. The predicted molar refractivity (Wildman–Crippen MR) is 90.9 cm³/mol. The van der Waals surface area contributed by atoms with Gasteiger partial charge in [-0.25, -0.2) is 4.79 Å². The van der Waals surface area contributed by atoms with Gasteiger partial charge in [0.25, 0.3) is 0 Å². The summed E-state index contributed by atoms with van der Waals surface area (Å²) in [7, 11) is 0. The molecule has 0 aliphatic rings. The van der Waals surface area contributed by atoms with Gasteiger partial charge >= 0.3 is 6.09 Å². The molecule has 0 aliphatic heterocycles. The third-order valence-corrected chi connectivity index (χ3v) is 2.99. The minimum Gasteiger partial charge on any atom is -0.444 e. The van der Waals surface area contributed by atoms with Crippen LogP contribution in [0.5, 0.6) is 0 Å². The van der Waals surface area contributed by atoms with Crippen molar-refractivity contribution in [3.8, 4) is 0 Å².